The zero-order valence-corrected chi connectivity index (χ0v) is 19.0. The highest BCUT2D eigenvalue weighted by Gasteiger charge is 2.34. The number of piperidine rings is 1. The summed E-state index contributed by atoms with van der Waals surface area (Å²) in [6.07, 6.45) is 1.86. The first-order valence-electron chi connectivity index (χ1n) is 10.8. The van der Waals surface area contributed by atoms with Crippen molar-refractivity contribution in [1.82, 2.24) is 18.1 Å². The van der Waals surface area contributed by atoms with Gasteiger partial charge in [-0.2, -0.15) is 17.0 Å². The van der Waals surface area contributed by atoms with Gasteiger partial charge >= 0.3 is 0 Å². The molecule has 0 unspecified atom stereocenters. The molecule has 164 valence electrons. The van der Waals surface area contributed by atoms with Crippen molar-refractivity contribution in [2.75, 3.05) is 45.8 Å². The number of hydrogen-bond acceptors (Lipinski definition) is 4. The third-order valence-electron chi connectivity index (χ3n) is 6.77. The molecule has 4 rings (SSSR count). The molecule has 0 N–H and O–H groups in total. The molecular weight excluding hydrogens is 400 g/mol. The maximum absolute atomic E-state index is 13.1. The molecule has 1 aromatic carbocycles. The van der Waals surface area contributed by atoms with E-state index in [4.69, 9.17) is 0 Å². The standard InChI is InChI=1S/C22H32N4O3S/c1-17-8-10-25(11-9-17)30(28,29)26-14-12-24(13-15-26)16-21(27)22-18(2)23(3)20-7-5-4-6-19(20)22/h4-7,17H,8-16H2,1-3H3. The van der Waals surface area contributed by atoms with Crippen LogP contribution in [0, 0.1) is 12.8 Å². The molecule has 0 radical (unpaired) electrons. The minimum atomic E-state index is -3.39. The third kappa shape index (κ3) is 3.93. The average molecular weight is 433 g/mol. The fourth-order valence-corrected chi connectivity index (χ4v) is 6.28. The van der Waals surface area contributed by atoms with Crippen molar-refractivity contribution in [3.8, 4) is 0 Å². The van der Waals surface area contributed by atoms with Crippen molar-refractivity contribution >= 4 is 26.9 Å². The summed E-state index contributed by atoms with van der Waals surface area (Å²) in [7, 11) is -1.41. The molecule has 0 saturated carbocycles. The second-order valence-electron chi connectivity index (χ2n) is 8.72. The van der Waals surface area contributed by atoms with Gasteiger partial charge in [-0.05, 0) is 31.7 Å². The highest BCUT2D eigenvalue weighted by atomic mass is 32.2. The number of carbonyl (C=O) groups excluding carboxylic acids is 1. The number of benzene rings is 1. The van der Waals surface area contributed by atoms with E-state index < -0.39 is 10.2 Å². The van der Waals surface area contributed by atoms with Gasteiger partial charge in [0.1, 0.15) is 0 Å². The van der Waals surface area contributed by atoms with Crippen molar-refractivity contribution in [2.45, 2.75) is 26.7 Å². The zero-order chi connectivity index (χ0) is 21.5. The Bertz CT molecular complexity index is 1030. The molecule has 2 aromatic rings. The summed E-state index contributed by atoms with van der Waals surface area (Å²) in [6.45, 7) is 7.76. The first-order chi connectivity index (χ1) is 14.3. The molecule has 2 fully saturated rings. The van der Waals surface area contributed by atoms with Crippen molar-refractivity contribution in [2.24, 2.45) is 13.0 Å². The molecule has 30 heavy (non-hydrogen) atoms. The van der Waals surface area contributed by atoms with Gasteiger partial charge in [0.25, 0.3) is 10.2 Å². The first kappa shape index (κ1) is 21.5. The molecule has 0 amide bonds. The van der Waals surface area contributed by atoms with Gasteiger partial charge in [-0.3, -0.25) is 9.69 Å². The van der Waals surface area contributed by atoms with Gasteiger partial charge in [0.05, 0.1) is 6.54 Å². The zero-order valence-electron chi connectivity index (χ0n) is 18.2. The van der Waals surface area contributed by atoms with Gasteiger partial charge in [-0.1, -0.05) is 25.1 Å². The molecule has 0 aliphatic carbocycles. The molecule has 1 aromatic heterocycles. The number of fused-ring (bicyclic) bond motifs is 1. The minimum Gasteiger partial charge on any atom is -0.347 e. The molecule has 7 nitrogen and oxygen atoms in total. The number of rotatable bonds is 5. The Kier molecular flexibility index (Phi) is 6.03. The average Bonchev–Trinajstić information content (AvgIpc) is 2.99. The predicted molar refractivity (Wildman–Crippen MR) is 119 cm³/mol. The van der Waals surface area contributed by atoms with Crippen LogP contribution in [0.15, 0.2) is 24.3 Å². The molecule has 2 aliphatic heterocycles. The fraction of sp³-hybridized carbons (Fsp3) is 0.591. The van der Waals surface area contributed by atoms with E-state index in [1.165, 1.54) is 0 Å². The SMILES string of the molecule is Cc1c(C(=O)CN2CCN(S(=O)(=O)N3CCC(C)CC3)CC2)c2ccccc2n1C. The number of piperazine rings is 1. The number of carbonyl (C=O) groups is 1. The van der Waals surface area contributed by atoms with E-state index in [9.17, 15) is 13.2 Å². The van der Waals surface area contributed by atoms with Crippen LogP contribution in [0.2, 0.25) is 0 Å². The summed E-state index contributed by atoms with van der Waals surface area (Å²) < 4.78 is 31.2. The molecule has 0 atom stereocenters. The van der Waals surface area contributed by atoms with Gasteiger partial charge in [0, 0.05) is 68.5 Å². The quantitative estimate of drug-likeness (QED) is 0.680. The second kappa shape index (κ2) is 8.42. The number of hydrogen-bond donors (Lipinski definition) is 0. The lowest BCUT2D eigenvalue weighted by Gasteiger charge is -2.38. The smallest absolute Gasteiger partial charge is 0.282 e. The van der Waals surface area contributed by atoms with E-state index in [0.29, 0.717) is 51.7 Å². The number of nitrogens with zero attached hydrogens (tertiary/aromatic N) is 4. The number of para-hydroxylation sites is 1. The Hall–Kier alpha value is -1.74. The molecule has 2 aliphatic rings. The Morgan fingerprint density at radius 3 is 2.27 bits per heavy atom. The summed E-state index contributed by atoms with van der Waals surface area (Å²) >= 11 is 0. The van der Waals surface area contributed by atoms with E-state index in [0.717, 1.165) is 35.0 Å². The van der Waals surface area contributed by atoms with Crippen LogP contribution < -0.4 is 0 Å². The highest BCUT2D eigenvalue weighted by molar-refractivity contribution is 7.86. The van der Waals surface area contributed by atoms with E-state index in [2.05, 4.69) is 16.4 Å². The van der Waals surface area contributed by atoms with Gasteiger partial charge in [0.2, 0.25) is 0 Å². The summed E-state index contributed by atoms with van der Waals surface area (Å²) in [5.41, 5.74) is 2.82. The van der Waals surface area contributed by atoms with Crippen LogP contribution >= 0.6 is 0 Å². The number of aromatic nitrogens is 1. The third-order valence-corrected chi connectivity index (χ3v) is 8.81. The van der Waals surface area contributed by atoms with E-state index in [1.54, 1.807) is 8.61 Å². The van der Waals surface area contributed by atoms with Crippen LogP contribution in [-0.2, 0) is 17.3 Å². The van der Waals surface area contributed by atoms with Crippen LogP contribution in [-0.4, -0.2) is 78.1 Å². The monoisotopic (exact) mass is 432 g/mol. The summed E-state index contributed by atoms with van der Waals surface area (Å²) in [4.78, 5) is 15.2. The minimum absolute atomic E-state index is 0.102. The van der Waals surface area contributed by atoms with Crippen LogP contribution in [0.3, 0.4) is 0 Å². The normalized spacial score (nSPS) is 20.8. The van der Waals surface area contributed by atoms with Crippen molar-refractivity contribution in [3.63, 3.8) is 0 Å². The van der Waals surface area contributed by atoms with Crippen LogP contribution in [0.25, 0.3) is 10.9 Å². The van der Waals surface area contributed by atoms with Crippen molar-refractivity contribution < 1.29 is 13.2 Å². The molecule has 2 saturated heterocycles. The van der Waals surface area contributed by atoms with E-state index in [-0.39, 0.29) is 5.78 Å². The van der Waals surface area contributed by atoms with Crippen molar-refractivity contribution in [1.29, 1.82) is 0 Å². The molecule has 0 bridgehead atoms. The first-order valence-corrected chi connectivity index (χ1v) is 12.2. The van der Waals surface area contributed by atoms with Gasteiger partial charge in [-0.25, -0.2) is 0 Å². The predicted octanol–water partition coefficient (Wildman–Crippen LogP) is 2.26. The van der Waals surface area contributed by atoms with Gasteiger partial charge in [0.15, 0.2) is 5.78 Å². The number of Topliss-reactive ketones (excluding diaryl/α,β-unsaturated/α-hetero) is 1. The van der Waals surface area contributed by atoms with Crippen LogP contribution in [0.4, 0.5) is 0 Å². The van der Waals surface area contributed by atoms with Crippen molar-refractivity contribution in [3.05, 3.63) is 35.5 Å². The lowest BCUT2D eigenvalue weighted by atomic mass is 10.0. The summed E-state index contributed by atoms with van der Waals surface area (Å²) in [5.74, 6) is 0.697. The molecule has 8 heteroatoms. The van der Waals surface area contributed by atoms with Crippen LogP contribution in [0.1, 0.15) is 35.8 Å². The Labute approximate surface area is 179 Å². The van der Waals surface area contributed by atoms with Gasteiger partial charge < -0.3 is 4.57 Å². The lowest BCUT2D eigenvalue weighted by molar-refractivity contribution is 0.0899. The summed E-state index contributed by atoms with van der Waals surface area (Å²) in [5, 5.41) is 0.989. The lowest BCUT2D eigenvalue weighted by Crippen LogP contribution is -2.54. The Morgan fingerprint density at radius 2 is 1.60 bits per heavy atom. The highest BCUT2D eigenvalue weighted by Crippen LogP contribution is 2.26. The topological polar surface area (TPSA) is 65.9 Å². The molecular formula is C22H32N4O3S. The number of aryl methyl sites for hydroxylation is 1. The van der Waals surface area contributed by atoms with E-state index in [1.807, 2.05) is 38.2 Å². The van der Waals surface area contributed by atoms with Gasteiger partial charge in [-0.15, -0.1) is 0 Å². The molecule has 3 heterocycles. The number of ketones is 1. The maximum atomic E-state index is 13.1. The second-order valence-corrected chi connectivity index (χ2v) is 10.7. The largest absolute Gasteiger partial charge is 0.347 e. The van der Waals surface area contributed by atoms with Crippen LogP contribution in [0.5, 0.6) is 0 Å². The molecule has 0 spiro atoms. The fourth-order valence-electron chi connectivity index (χ4n) is 4.65. The Morgan fingerprint density at radius 1 is 1.00 bits per heavy atom. The van der Waals surface area contributed by atoms with E-state index >= 15 is 0 Å². The maximum Gasteiger partial charge on any atom is 0.282 e. The Balaban J connectivity index is 1.40. The summed E-state index contributed by atoms with van der Waals surface area (Å²) in [6, 6.07) is 7.98.